The van der Waals surface area contributed by atoms with E-state index in [-0.39, 0.29) is 31.6 Å². The van der Waals surface area contributed by atoms with Crippen LogP contribution < -0.4 is 25.4 Å². The Kier molecular flexibility index (Phi) is 10.3. The number of allylic oxidation sites excluding steroid dienone is 1. The van der Waals surface area contributed by atoms with Crippen molar-refractivity contribution in [1.82, 2.24) is 25.6 Å². The van der Waals surface area contributed by atoms with Crippen molar-refractivity contribution in [3.63, 3.8) is 0 Å². The Morgan fingerprint density at radius 2 is 1.83 bits per heavy atom. The molecular weight excluding hydrogens is 694 g/mol. The van der Waals surface area contributed by atoms with Gasteiger partial charge in [0.1, 0.15) is 23.2 Å². The van der Waals surface area contributed by atoms with Crippen LogP contribution in [0.4, 0.5) is 4.79 Å². The minimum absolute atomic E-state index is 0.00399. The van der Waals surface area contributed by atoms with Crippen molar-refractivity contribution < 1.29 is 46.3 Å². The van der Waals surface area contributed by atoms with Gasteiger partial charge < -0.3 is 34.7 Å². The lowest BCUT2D eigenvalue weighted by Gasteiger charge is -2.30. The number of nitrogens with one attached hydrogen (secondary N) is 4. The normalized spacial score (nSPS) is 27.0. The van der Waals surface area contributed by atoms with Crippen molar-refractivity contribution in [2.45, 2.75) is 113 Å². The van der Waals surface area contributed by atoms with Crippen LogP contribution in [-0.2, 0) is 29.1 Å². The van der Waals surface area contributed by atoms with E-state index in [0.29, 0.717) is 42.4 Å². The number of fused-ring (bicyclic) bond motifs is 3. The fourth-order valence-corrected chi connectivity index (χ4v) is 8.28. The first-order chi connectivity index (χ1) is 24.6. The third kappa shape index (κ3) is 8.21. The summed E-state index contributed by atoms with van der Waals surface area (Å²) in [7, 11) is -2.42. The van der Waals surface area contributed by atoms with Gasteiger partial charge in [-0.15, -0.1) is 0 Å². The minimum Gasteiger partial charge on any atom is -0.493 e. The van der Waals surface area contributed by atoms with Crippen LogP contribution in [0.5, 0.6) is 5.75 Å². The highest BCUT2D eigenvalue weighted by Crippen LogP contribution is 2.46. The van der Waals surface area contributed by atoms with E-state index in [1.807, 2.05) is 12.2 Å². The number of para-hydroxylation sites is 1. The van der Waals surface area contributed by atoms with E-state index in [1.54, 1.807) is 45.0 Å². The number of amides is 5. The molecule has 4 N–H and O–H groups in total. The molecule has 16 heteroatoms. The van der Waals surface area contributed by atoms with Crippen molar-refractivity contribution >= 4 is 50.7 Å². The number of hydrogen-bond donors (Lipinski definition) is 4. The molecule has 5 amide bonds. The molecule has 2 aliphatic heterocycles. The summed E-state index contributed by atoms with van der Waals surface area (Å²) in [5.74, 6) is -2.63. The standard InChI is InChI=1S/C36H47N5O10S/c1-35(2,3)51-34(46)38-25-13-9-7-5-6-8-12-22-19-36(22,33(45)40-52(47,48)24-15-16-24)39-30(42)26-18-23(20-41(26)32(25)44)37-31(43)28-17-21-11-10-14-27(49-4)29(21)50-28/h8,10-12,14,17,22-26H,5-7,9,13,15-16,18-20H2,1-4H3,(H,37,43)(H,38,46)(H,39,42)(H,40,45)/t22-,23-,25+,26+,36-/m1/s1. The number of rotatable bonds is 7. The molecule has 0 bridgehead atoms. The number of methoxy groups -OCH3 is 1. The van der Waals surface area contributed by atoms with Gasteiger partial charge in [-0.1, -0.05) is 37.1 Å². The molecule has 1 saturated heterocycles. The molecule has 282 valence electrons. The molecule has 4 aliphatic rings. The molecule has 0 radical (unpaired) electrons. The Balaban J connectivity index is 1.28. The van der Waals surface area contributed by atoms with Crippen LogP contribution in [-0.4, -0.2) is 91.2 Å². The predicted octanol–water partition coefficient (Wildman–Crippen LogP) is 3.04. The minimum atomic E-state index is -3.91. The highest BCUT2D eigenvalue weighted by Gasteiger charge is 2.62. The van der Waals surface area contributed by atoms with E-state index in [4.69, 9.17) is 13.9 Å². The fraction of sp³-hybridized carbons (Fsp3) is 0.583. The molecule has 0 spiro atoms. The van der Waals surface area contributed by atoms with Gasteiger partial charge in [-0.05, 0) is 77.8 Å². The zero-order valence-electron chi connectivity index (χ0n) is 29.9. The Morgan fingerprint density at radius 3 is 2.54 bits per heavy atom. The quantitative estimate of drug-likeness (QED) is 0.306. The van der Waals surface area contributed by atoms with Crippen molar-refractivity contribution in [3.8, 4) is 5.75 Å². The first kappa shape index (κ1) is 37.2. The molecule has 1 aromatic carbocycles. The zero-order valence-corrected chi connectivity index (χ0v) is 30.7. The van der Waals surface area contributed by atoms with Gasteiger partial charge in [0.25, 0.3) is 11.8 Å². The van der Waals surface area contributed by atoms with Gasteiger partial charge in [-0.25, -0.2) is 13.2 Å². The Hall–Kier alpha value is -4.60. The number of carbonyl (C=O) groups excluding carboxylic acids is 5. The molecule has 1 aromatic heterocycles. The zero-order chi connectivity index (χ0) is 37.4. The van der Waals surface area contributed by atoms with Gasteiger partial charge in [-0.3, -0.25) is 23.9 Å². The lowest BCUT2D eigenvalue weighted by atomic mass is 10.0. The monoisotopic (exact) mass is 741 g/mol. The average molecular weight is 742 g/mol. The topological polar surface area (TPSA) is 202 Å². The lowest BCUT2D eigenvalue weighted by molar-refractivity contribution is -0.141. The van der Waals surface area contributed by atoms with E-state index < -0.39 is 80.2 Å². The molecule has 2 saturated carbocycles. The second-order valence-electron chi connectivity index (χ2n) is 15.1. The second kappa shape index (κ2) is 14.4. The molecule has 3 heterocycles. The van der Waals surface area contributed by atoms with Crippen LogP contribution in [0.2, 0.25) is 0 Å². The summed E-state index contributed by atoms with van der Waals surface area (Å²) < 4.78 is 44.3. The summed E-state index contributed by atoms with van der Waals surface area (Å²) in [4.78, 5) is 69.9. The molecule has 15 nitrogen and oxygen atoms in total. The Morgan fingerprint density at radius 1 is 1.06 bits per heavy atom. The van der Waals surface area contributed by atoms with Gasteiger partial charge >= 0.3 is 6.09 Å². The number of sulfonamides is 1. The second-order valence-corrected chi connectivity index (χ2v) is 17.1. The predicted molar refractivity (Wildman–Crippen MR) is 189 cm³/mol. The third-order valence-electron chi connectivity index (χ3n) is 9.86. The van der Waals surface area contributed by atoms with Crippen molar-refractivity contribution in [1.29, 1.82) is 0 Å². The van der Waals surface area contributed by atoms with Gasteiger partial charge in [0, 0.05) is 23.9 Å². The van der Waals surface area contributed by atoms with Crippen molar-refractivity contribution in [3.05, 3.63) is 42.2 Å². The molecule has 5 atom stereocenters. The molecule has 2 aliphatic carbocycles. The van der Waals surface area contributed by atoms with Crippen LogP contribution in [0, 0.1) is 5.92 Å². The largest absolute Gasteiger partial charge is 0.493 e. The summed E-state index contributed by atoms with van der Waals surface area (Å²) in [6, 6.07) is 3.87. The maximum Gasteiger partial charge on any atom is 0.408 e. The number of ether oxygens (including phenoxy) is 2. The van der Waals surface area contributed by atoms with Crippen LogP contribution in [0.3, 0.4) is 0 Å². The molecule has 3 fully saturated rings. The summed E-state index contributed by atoms with van der Waals surface area (Å²) >= 11 is 0. The van der Waals surface area contributed by atoms with E-state index in [0.717, 1.165) is 12.8 Å². The fourth-order valence-electron chi connectivity index (χ4n) is 6.92. The van der Waals surface area contributed by atoms with E-state index in [1.165, 1.54) is 12.0 Å². The average Bonchev–Trinajstić information content (AvgIpc) is 3.96. The summed E-state index contributed by atoms with van der Waals surface area (Å²) in [6.45, 7) is 5.03. The van der Waals surface area contributed by atoms with Crippen LogP contribution >= 0.6 is 0 Å². The SMILES string of the molecule is COc1cccc2cc(C(=O)N[C@@H]3C[C@H]4C(=O)N[C@]5(C(=O)NS(=O)(=O)C6CC6)C[C@H]5C=CCCCCC[C@H](NC(=O)OC(C)(C)C)C(=O)N4C3)oc12. The van der Waals surface area contributed by atoms with Gasteiger partial charge in [-0.2, -0.15) is 0 Å². The maximum atomic E-state index is 14.3. The lowest BCUT2D eigenvalue weighted by Crippen LogP contribution is -2.58. The van der Waals surface area contributed by atoms with E-state index >= 15 is 0 Å². The molecule has 2 aromatic rings. The molecule has 0 unspecified atom stereocenters. The van der Waals surface area contributed by atoms with Gasteiger partial charge in [0.05, 0.1) is 12.4 Å². The third-order valence-corrected chi connectivity index (χ3v) is 11.7. The summed E-state index contributed by atoms with van der Waals surface area (Å²) in [6.07, 6.45) is 7.09. The van der Waals surface area contributed by atoms with Crippen LogP contribution in [0.25, 0.3) is 11.0 Å². The first-order valence-corrected chi connectivity index (χ1v) is 19.4. The van der Waals surface area contributed by atoms with E-state index in [9.17, 15) is 32.4 Å². The van der Waals surface area contributed by atoms with Crippen LogP contribution in [0.1, 0.15) is 89.1 Å². The van der Waals surface area contributed by atoms with Gasteiger partial charge in [0.2, 0.25) is 21.8 Å². The first-order valence-electron chi connectivity index (χ1n) is 17.8. The highest BCUT2D eigenvalue weighted by atomic mass is 32.2. The van der Waals surface area contributed by atoms with Gasteiger partial charge in [0.15, 0.2) is 17.1 Å². The highest BCUT2D eigenvalue weighted by molar-refractivity contribution is 7.91. The number of hydrogen-bond acceptors (Lipinski definition) is 10. The number of benzene rings is 1. The Labute approximate surface area is 302 Å². The van der Waals surface area contributed by atoms with Crippen molar-refractivity contribution in [2.24, 2.45) is 5.92 Å². The summed E-state index contributed by atoms with van der Waals surface area (Å²) in [5, 5.41) is 8.39. The number of nitrogens with zero attached hydrogens (tertiary/aromatic N) is 1. The van der Waals surface area contributed by atoms with Crippen molar-refractivity contribution in [2.75, 3.05) is 13.7 Å². The number of furan rings is 1. The molecule has 6 rings (SSSR count). The number of carbonyl (C=O) groups is 5. The summed E-state index contributed by atoms with van der Waals surface area (Å²) in [5.41, 5.74) is -1.97. The maximum absolute atomic E-state index is 14.3. The van der Waals surface area contributed by atoms with Crippen LogP contribution in [0.15, 0.2) is 40.8 Å². The van der Waals surface area contributed by atoms with E-state index in [2.05, 4.69) is 20.7 Å². The molecular formula is C36H47N5O10S. The number of alkyl carbamates (subject to hydrolysis) is 1. The Bertz CT molecular complexity index is 1880. The molecule has 52 heavy (non-hydrogen) atoms. The smallest absolute Gasteiger partial charge is 0.408 e.